The zero-order valence-electron chi connectivity index (χ0n) is 11.5. The van der Waals surface area contributed by atoms with Crippen molar-refractivity contribution < 1.29 is 4.79 Å². The Bertz CT molecular complexity index is 282. The number of piperidine rings is 1. The Morgan fingerprint density at radius 3 is 2.71 bits per heavy atom. The largest absolute Gasteiger partial charge is 0.339 e. The van der Waals surface area contributed by atoms with E-state index in [4.69, 9.17) is 0 Å². The molecule has 2 aliphatic heterocycles. The molecule has 1 N–H and O–H groups in total. The predicted molar refractivity (Wildman–Crippen MR) is 69.8 cm³/mol. The minimum Gasteiger partial charge on any atom is -0.339 e. The third kappa shape index (κ3) is 2.22. The van der Waals surface area contributed by atoms with Crippen LogP contribution in [0.15, 0.2) is 0 Å². The second-order valence-electron chi connectivity index (χ2n) is 6.08. The van der Waals surface area contributed by atoms with E-state index in [1.807, 2.05) is 0 Å². The van der Waals surface area contributed by atoms with Crippen LogP contribution in [0.2, 0.25) is 0 Å². The molecule has 0 aromatic carbocycles. The molecule has 0 aromatic heterocycles. The number of nitrogens with one attached hydrogen (secondary N) is 1. The molecule has 2 heterocycles. The first-order valence-electron chi connectivity index (χ1n) is 7.10. The molecule has 3 nitrogen and oxygen atoms in total. The van der Waals surface area contributed by atoms with Gasteiger partial charge in [0.15, 0.2) is 0 Å². The zero-order chi connectivity index (χ0) is 12.5. The van der Waals surface area contributed by atoms with E-state index >= 15 is 0 Å². The average molecular weight is 238 g/mol. The number of amides is 1. The highest BCUT2D eigenvalue weighted by atomic mass is 16.2. The highest BCUT2D eigenvalue weighted by Crippen LogP contribution is 2.37. The molecule has 1 amide bonds. The van der Waals surface area contributed by atoms with Crippen molar-refractivity contribution >= 4 is 5.91 Å². The van der Waals surface area contributed by atoms with Gasteiger partial charge in [0.05, 0.1) is 5.41 Å². The summed E-state index contributed by atoms with van der Waals surface area (Å²) >= 11 is 0. The summed E-state index contributed by atoms with van der Waals surface area (Å²) in [7, 11) is 0. The van der Waals surface area contributed by atoms with Gasteiger partial charge in [-0.1, -0.05) is 13.8 Å². The smallest absolute Gasteiger partial charge is 0.230 e. The number of nitrogens with zero attached hydrogens (tertiary/aromatic N) is 1. The van der Waals surface area contributed by atoms with E-state index in [1.165, 1.54) is 19.3 Å². The van der Waals surface area contributed by atoms with Crippen LogP contribution in [0.3, 0.4) is 0 Å². The lowest BCUT2D eigenvalue weighted by molar-refractivity contribution is -0.147. The third-order valence-electron chi connectivity index (χ3n) is 4.78. The summed E-state index contributed by atoms with van der Waals surface area (Å²) in [5.41, 5.74) is -0.133. The van der Waals surface area contributed by atoms with Crippen molar-refractivity contribution in [2.45, 2.75) is 52.5 Å². The molecule has 3 heteroatoms. The highest BCUT2D eigenvalue weighted by molar-refractivity contribution is 5.84. The molecular formula is C14H26N2O. The van der Waals surface area contributed by atoms with Gasteiger partial charge in [-0.3, -0.25) is 4.79 Å². The monoisotopic (exact) mass is 238 g/mol. The number of carbonyl (C=O) groups is 1. The first-order chi connectivity index (χ1) is 8.08. The van der Waals surface area contributed by atoms with E-state index in [-0.39, 0.29) is 5.41 Å². The van der Waals surface area contributed by atoms with E-state index in [9.17, 15) is 4.79 Å². The normalized spacial score (nSPS) is 34.4. The lowest BCUT2D eigenvalue weighted by Gasteiger charge is -2.41. The van der Waals surface area contributed by atoms with Gasteiger partial charge >= 0.3 is 0 Å². The fraction of sp³-hybridized carbons (Fsp3) is 0.929. The van der Waals surface area contributed by atoms with Gasteiger partial charge < -0.3 is 10.2 Å². The lowest BCUT2D eigenvalue weighted by Crippen LogP contribution is -2.52. The van der Waals surface area contributed by atoms with E-state index < -0.39 is 0 Å². The average Bonchev–Trinajstić information content (AvgIpc) is 2.79. The van der Waals surface area contributed by atoms with Gasteiger partial charge in [0, 0.05) is 19.1 Å². The maximum atomic E-state index is 12.9. The summed E-state index contributed by atoms with van der Waals surface area (Å²) in [6, 6.07) is 0.437. The van der Waals surface area contributed by atoms with Crippen LogP contribution in [-0.2, 0) is 4.79 Å². The Morgan fingerprint density at radius 2 is 2.18 bits per heavy atom. The van der Waals surface area contributed by atoms with Crippen molar-refractivity contribution in [3.8, 4) is 0 Å². The second-order valence-corrected chi connectivity index (χ2v) is 6.08. The van der Waals surface area contributed by atoms with Crippen molar-refractivity contribution in [1.82, 2.24) is 10.2 Å². The Hall–Kier alpha value is -0.570. The van der Waals surface area contributed by atoms with Crippen molar-refractivity contribution in [2.24, 2.45) is 11.3 Å². The van der Waals surface area contributed by atoms with Crippen LogP contribution >= 0.6 is 0 Å². The van der Waals surface area contributed by atoms with Gasteiger partial charge in [-0.2, -0.15) is 0 Å². The number of likely N-dealkylation sites (tertiary alicyclic amines) is 1. The standard InChI is InChI=1S/C14H26N2O/c1-11(2)14(7-8-15-10-14)13(17)16-9-5-4-6-12(16)3/h11-12,15H,4-10H2,1-3H3. The molecule has 2 aliphatic rings. The molecule has 17 heavy (non-hydrogen) atoms. The van der Waals surface area contributed by atoms with E-state index in [0.717, 1.165) is 26.1 Å². The SMILES string of the molecule is CC1CCCCN1C(=O)C1(C(C)C)CCNC1. The third-order valence-corrected chi connectivity index (χ3v) is 4.78. The Labute approximate surface area is 105 Å². The molecule has 98 valence electrons. The van der Waals surface area contributed by atoms with Crippen LogP contribution in [0.4, 0.5) is 0 Å². The van der Waals surface area contributed by atoms with E-state index in [0.29, 0.717) is 17.9 Å². The topological polar surface area (TPSA) is 32.3 Å². The fourth-order valence-electron chi connectivity index (χ4n) is 3.32. The molecule has 0 aliphatic carbocycles. The Morgan fingerprint density at radius 1 is 1.41 bits per heavy atom. The van der Waals surface area contributed by atoms with Crippen LogP contribution < -0.4 is 5.32 Å². The van der Waals surface area contributed by atoms with Crippen LogP contribution in [-0.4, -0.2) is 36.5 Å². The zero-order valence-corrected chi connectivity index (χ0v) is 11.5. The van der Waals surface area contributed by atoms with E-state index in [1.54, 1.807) is 0 Å². The summed E-state index contributed by atoms with van der Waals surface area (Å²) in [5, 5.41) is 3.38. The van der Waals surface area contributed by atoms with Gasteiger partial charge in [0.1, 0.15) is 0 Å². The van der Waals surface area contributed by atoms with Gasteiger partial charge in [0.2, 0.25) is 5.91 Å². The lowest BCUT2D eigenvalue weighted by atomic mass is 9.74. The van der Waals surface area contributed by atoms with Crippen molar-refractivity contribution in [1.29, 1.82) is 0 Å². The van der Waals surface area contributed by atoms with Crippen molar-refractivity contribution in [2.75, 3.05) is 19.6 Å². The van der Waals surface area contributed by atoms with Gasteiger partial charge in [0.25, 0.3) is 0 Å². The van der Waals surface area contributed by atoms with Crippen LogP contribution in [0.1, 0.15) is 46.5 Å². The molecule has 2 fully saturated rings. The molecule has 2 saturated heterocycles. The van der Waals surface area contributed by atoms with Crippen molar-refractivity contribution in [3.63, 3.8) is 0 Å². The first kappa shape index (κ1) is 12.9. The first-order valence-corrected chi connectivity index (χ1v) is 7.10. The number of hydrogen-bond acceptors (Lipinski definition) is 2. The predicted octanol–water partition coefficient (Wildman–Crippen LogP) is 2.02. The van der Waals surface area contributed by atoms with Gasteiger partial charge in [-0.25, -0.2) is 0 Å². The summed E-state index contributed by atoms with van der Waals surface area (Å²) in [4.78, 5) is 15.0. The van der Waals surface area contributed by atoms with E-state index in [2.05, 4.69) is 31.0 Å². The minimum atomic E-state index is -0.133. The Kier molecular flexibility index (Phi) is 3.76. The van der Waals surface area contributed by atoms with Gasteiger partial charge in [-0.05, 0) is 45.1 Å². The molecule has 2 rings (SSSR count). The maximum absolute atomic E-state index is 12.9. The summed E-state index contributed by atoms with van der Waals surface area (Å²) in [6.07, 6.45) is 4.63. The summed E-state index contributed by atoms with van der Waals surface area (Å²) in [6.45, 7) is 9.42. The molecule has 0 saturated carbocycles. The molecular weight excluding hydrogens is 212 g/mol. The molecule has 0 spiro atoms. The van der Waals surface area contributed by atoms with Crippen LogP contribution in [0.25, 0.3) is 0 Å². The van der Waals surface area contributed by atoms with Crippen molar-refractivity contribution in [3.05, 3.63) is 0 Å². The Balaban J connectivity index is 2.16. The fourth-order valence-corrected chi connectivity index (χ4v) is 3.32. The molecule has 0 aromatic rings. The van der Waals surface area contributed by atoms with Gasteiger partial charge in [-0.15, -0.1) is 0 Å². The summed E-state index contributed by atoms with van der Waals surface area (Å²) < 4.78 is 0. The van der Waals surface area contributed by atoms with Crippen LogP contribution in [0, 0.1) is 11.3 Å². The number of rotatable bonds is 2. The second kappa shape index (κ2) is 4.97. The summed E-state index contributed by atoms with van der Waals surface area (Å²) in [5.74, 6) is 0.837. The van der Waals surface area contributed by atoms with Crippen LogP contribution in [0.5, 0.6) is 0 Å². The maximum Gasteiger partial charge on any atom is 0.230 e. The highest BCUT2D eigenvalue weighted by Gasteiger charge is 2.46. The molecule has 2 atom stereocenters. The number of hydrogen-bond donors (Lipinski definition) is 1. The number of carbonyl (C=O) groups excluding carboxylic acids is 1. The molecule has 0 bridgehead atoms. The minimum absolute atomic E-state index is 0.133. The molecule has 2 unspecified atom stereocenters. The molecule has 0 radical (unpaired) electrons. The quantitative estimate of drug-likeness (QED) is 0.798.